The van der Waals surface area contributed by atoms with Crippen molar-refractivity contribution < 1.29 is 4.73 Å². The number of aromatic nitrogens is 3. The molecule has 6 heteroatoms. The van der Waals surface area contributed by atoms with Gasteiger partial charge in [0.25, 0.3) is 5.03 Å². The predicted octanol–water partition coefficient (Wildman–Crippen LogP) is 2.14. The van der Waals surface area contributed by atoms with Crippen molar-refractivity contribution in [3.63, 3.8) is 0 Å². The number of hydrogen-bond donors (Lipinski definition) is 1. The molecule has 0 amide bonds. The van der Waals surface area contributed by atoms with Gasteiger partial charge in [-0.15, -0.1) is 0 Å². The van der Waals surface area contributed by atoms with Gasteiger partial charge in [0.1, 0.15) is 11.6 Å². The van der Waals surface area contributed by atoms with Crippen LogP contribution in [0.2, 0.25) is 0 Å². The summed E-state index contributed by atoms with van der Waals surface area (Å²) in [5, 5.41) is 13.0. The zero-order valence-corrected chi connectivity index (χ0v) is 11.4. The molecule has 3 aromatic rings. The second-order valence-electron chi connectivity index (χ2n) is 4.20. The van der Waals surface area contributed by atoms with Crippen molar-refractivity contribution in [2.45, 2.75) is 10.8 Å². The molecule has 0 saturated carbocycles. The summed E-state index contributed by atoms with van der Waals surface area (Å²) in [6.45, 7) is 0. The number of anilines is 1. The minimum Gasteiger partial charge on any atom is -0.618 e. The average Bonchev–Trinajstić information content (AvgIpc) is 2.46. The fourth-order valence-corrected chi connectivity index (χ4v) is 2.65. The maximum absolute atomic E-state index is 11.6. The molecule has 3 rings (SSSR count). The van der Waals surface area contributed by atoms with Crippen molar-refractivity contribution in [2.24, 2.45) is 0 Å². The lowest BCUT2D eigenvalue weighted by Crippen LogP contribution is -2.27. The Morgan fingerprint density at radius 2 is 1.90 bits per heavy atom. The van der Waals surface area contributed by atoms with Crippen LogP contribution >= 0.6 is 11.8 Å². The molecule has 5 nitrogen and oxygen atoms in total. The topological polar surface area (TPSA) is 78.7 Å². The van der Waals surface area contributed by atoms with Gasteiger partial charge in [0.05, 0.1) is 11.3 Å². The Kier molecular flexibility index (Phi) is 3.39. The third-order valence-corrected chi connectivity index (χ3v) is 3.83. The van der Waals surface area contributed by atoms with E-state index in [-0.39, 0.29) is 0 Å². The van der Waals surface area contributed by atoms with Gasteiger partial charge < -0.3 is 10.9 Å². The average molecular weight is 284 g/mol. The van der Waals surface area contributed by atoms with Crippen LogP contribution in [0.5, 0.6) is 0 Å². The van der Waals surface area contributed by atoms with Crippen molar-refractivity contribution in [3.05, 3.63) is 59.7 Å². The number of pyridine rings is 1. The Morgan fingerprint density at radius 1 is 1.10 bits per heavy atom. The Balaban J connectivity index is 1.86. The first-order valence-electron chi connectivity index (χ1n) is 6.06. The molecule has 20 heavy (non-hydrogen) atoms. The Labute approximate surface area is 120 Å². The van der Waals surface area contributed by atoms with Crippen LogP contribution in [0.1, 0.15) is 5.82 Å². The first kappa shape index (κ1) is 12.7. The minimum absolute atomic E-state index is 0.467. The van der Waals surface area contributed by atoms with E-state index in [2.05, 4.69) is 9.97 Å². The number of rotatable bonds is 3. The number of nitrogen functional groups attached to an aromatic ring is 1. The Bertz CT molecular complexity index is 763. The Hall–Kier alpha value is -2.34. The molecule has 2 aromatic heterocycles. The van der Waals surface area contributed by atoms with Gasteiger partial charge in [-0.2, -0.15) is 4.73 Å². The van der Waals surface area contributed by atoms with Crippen LogP contribution in [0, 0.1) is 5.21 Å². The maximum atomic E-state index is 11.6. The van der Waals surface area contributed by atoms with E-state index in [4.69, 9.17) is 5.73 Å². The highest BCUT2D eigenvalue weighted by molar-refractivity contribution is 7.98. The van der Waals surface area contributed by atoms with Crippen molar-refractivity contribution in [2.75, 3.05) is 5.73 Å². The van der Waals surface area contributed by atoms with Crippen LogP contribution < -0.4 is 10.5 Å². The van der Waals surface area contributed by atoms with Gasteiger partial charge in [0, 0.05) is 17.5 Å². The number of para-hydroxylation sites is 1. The molecule has 100 valence electrons. The normalized spacial score (nSPS) is 10.8. The molecular formula is C14H12N4OS. The van der Waals surface area contributed by atoms with Gasteiger partial charge in [-0.05, 0) is 30.0 Å². The third kappa shape index (κ3) is 2.50. The van der Waals surface area contributed by atoms with Gasteiger partial charge in [-0.3, -0.25) is 0 Å². The maximum Gasteiger partial charge on any atom is 0.251 e. The largest absolute Gasteiger partial charge is 0.618 e. The van der Waals surface area contributed by atoms with Crippen LogP contribution in [-0.4, -0.2) is 9.97 Å². The number of fused-ring (bicyclic) bond motifs is 1. The Morgan fingerprint density at radius 3 is 2.75 bits per heavy atom. The van der Waals surface area contributed by atoms with E-state index in [0.29, 0.717) is 22.4 Å². The van der Waals surface area contributed by atoms with Gasteiger partial charge >= 0.3 is 0 Å². The summed E-state index contributed by atoms with van der Waals surface area (Å²) in [7, 11) is 0. The summed E-state index contributed by atoms with van der Waals surface area (Å²) in [5.74, 6) is 1.59. The lowest BCUT2D eigenvalue weighted by atomic mass is 10.2. The number of thioether (sulfide) groups is 1. The number of nitrogens with zero attached hydrogens (tertiary/aromatic N) is 3. The molecule has 2 N–H and O–H groups in total. The first-order chi connectivity index (χ1) is 9.74. The molecule has 1 aromatic carbocycles. The second kappa shape index (κ2) is 5.34. The first-order valence-corrected chi connectivity index (χ1v) is 7.05. The number of nitrogens with two attached hydrogens (primary N) is 1. The highest BCUT2D eigenvalue weighted by Crippen LogP contribution is 2.21. The van der Waals surface area contributed by atoms with Crippen molar-refractivity contribution in [3.8, 4) is 0 Å². The fraction of sp³-hybridized carbons (Fsp3) is 0.0714. The zero-order valence-electron chi connectivity index (χ0n) is 10.6. The minimum atomic E-state index is 0.467. The molecule has 0 unspecified atom stereocenters. The molecule has 0 spiro atoms. The van der Waals surface area contributed by atoms with E-state index >= 15 is 0 Å². The smallest absolute Gasteiger partial charge is 0.251 e. The van der Waals surface area contributed by atoms with Crippen LogP contribution in [0.25, 0.3) is 10.9 Å². The molecule has 0 saturated heterocycles. The van der Waals surface area contributed by atoms with E-state index in [1.54, 1.807) is 12.1 Å². The molecule has 2 heterocycles. The van der Waals surface area contributed by atoms with Gasteiger partial charge in [-0.25, -0.2) is 9.97 Å². The van der Waals surface area contributed by atoms with E-state index in [1.807, 2.05) is 30.3 Å². The van der Waals surface area contributed by atoms with Crippen molar-refractivity contribution >= 4 is 28.5 Å². The molecule has 0 aliphatic heterocycles. The summed E-state index contributed by atoms with van der Waals surface area (Å²) in [6, 6.07) is 12.9. The molecule has 0 radical (unpaired) electrons. The number of hydrogen-bond acceptors (Lipinski definition) is 5. The highest BCUT2D eigenvalue weighted by Gasteiger charge is 2.09. The zero-order chi connectivity index (χ0) is 13.9. The van der Waals surface area contributed by atoms with Crippen LogP contribution in [0.4, 0.5) is 5.82 Å². The van der Waals surface area contributed by atoms with Crippen molar-refractivity contribution in [1.29, 1.82) is 0 Å². The lowest BCUT2D eigenvalue weighted by molar-refractivity contribution is -0.645. The monoisotopic (exact) mass is 284 g/mol. The summed E-state index contributed by atoms with van der Waals surface area (Å²) in [5.41, 5.74) is 6.75. The summed E-state index contributed by atoms with van der Waals surface area (Å²) in [4.78, 5) is 8.74. The van der Waals surface area contributed by atoms with E-state index in [1.165, 1.54) is 18.0 Å². The SMILES string of the molecule is Nc1nc(CSc2cccc[n+]2[O-])nc2ccccc12. The van der Waals surface area contributed by atoms with Gasteiger partial charge in [0.2, 0.25) is 0 Å². The van der Waals surface area contributed by atoms with Crippen LogP contribution in [0.15, 0.2) is 53.7 Å². The summed E-state index contributed by atoms with van der Waals surface area (Å²) >= 11 is 1.39. The molecule has 0 aliphatic rings. The molecule has 0 aliphatic carbocycles. The fourth-order valence-electron chi connectivity index (χ4n) is 1.88. The standard InChI is InChI=1S/C14H12N4OS/c15-14-10-5-1-2-6-11(10)16-12(17-14)9-20-13-7-3-4-8-18(13)19/h1-8H,9H2,(H2,15,16,17). The number of benzene rings is 1. The van der Waals surface area contributed by atoms with E-state index in [0.717, 1.165) is 15.6 Å². The molecule has 0 atom stereocenters. The summed E-state index contributed by atoms with van der Waals surface area (Å²) < 4.78 is 0.828. The van der Waals surface area contributed by atoms with E-state index < -0.39 is 0 Å². The second-order valence-corrected chi connectivity index (χ2v) is 5.19. The van der Waals surface area contributed by atoms with Crippen LogP contribution in [0.3, 0.4) is 0 Å². The third-order valence-electron chi connectivity index (χ3n) is 2.82. The lowest BCUT2D eigenvalue weighted by Gasteiger charge is -2.05. The quantitative estimate of drug-likeness (QED) is 0.453. The van der Waals surface area contributed by atoms with Gasteiger partial charge in [-0.1, -0.05) is 12.1 Å². The molecule has 0 fully saturated rings. The van der Waals surface area contributed by atoms with Crippen LogP contribution in [-0.2, 0) is 5.75 Å². The predicted molar refractivity (Wildman–Crippen MR) is 78.9 cm³/mol. The summed E-state index contributed by atoms with van der Waals surface area (Å²) in [6.07, 6.45) is 1.47. The van der Waals surface area contributed by atoms with Crippen molar-refractivity contribution in [1.82, 2.24) is 9.97 Å². The highest BCUT2D eigenvalue weighted by atomic mass is 32.2. The molecular weight excluding hydrogens is 272 g/mol. The van der Waals surface area contributed by atoms with E-state index in [9.17, 15) is 5.21 Å². The molecule has 0 bridgehead atoms. The van der Waals surface area contributed by atoms with Gasteiger partial charge in [0.15, 0.2) is 6.20 Å².